The first-order chi connectivity index (χ1) is 10.8. The molecule has 1 aromatic rings. The summed E-state index contributed by atoms with van der Waals surface area (Å²) in [6.07, 6.45) is 1.87. The molecule has 1 amide bonds. The Balaban J connectivity index is 2.37. The van der Waals surface area contributed by atoms with Crippen LogP contribution in [0.3, 0.4) is 0 Å². The molecule has 1 aromatic carbocycles. The number of benzene rings is 1. The number of amides is 1. The second-order valence-corrected chi connectivity index (χ2v) is 8.10. The predicted octanol–water partition coefficient (Wildman–Crippen LogP) is 1.57. The van der Waals surface area contributed by atoms with Gasteiger partial charge in [-0.05, 0) is 38.3 Å². The zero-order chi connectivity index (χ0) is 17.0. The van der Waals surface area contributed by atoms with E-state index in [9.17, 15) is 13.2 Å². The van der Waals surface area contributed by atoms with Crippen LogP contribution in [-0.2, 0) is 14.8 Å². The molecule has 0 aromatic heterocycles. The van der Waals surface area contributed by atoms with Gasteiger partial charge in [0.1, 0.15) is 0 Å². The van der Waals surface area contributed by atoms with Crippen LogP contribution in [0.15, 0.2) is 28.0 Å². The third-order valence-electron chi connectivity index (χ3n) is 3.40. The van der Waals surface area contributed by atoms with Crippen molar-refractivity contribution in [2.24, 2.45) is 0 Å². The lowest BCUT2D eigenvalue weighted by molar-refractivity contribution is 0.0300. The van der Waals surface area contributed by atoms with Crippen LogP contribution < -0.4 is 4.72 Å². The normalized spacial score (nSPS) is 15.9. The molecule has 23 heavy (non-hydrogen) atoms. The summed E-state index contributed by atoms with van der Waals surface area (Å²) in [5, 5.41) is 0. The highest BCUT2D eigenvalue weighted by Crippen LogP contribution is 2.25. The van der Waals surface area contributed by atoms with E-state index in [0.29, 0.717) is 31.9 Å². The summed E-state index contributed by atoms with van der Waals surface area (Å²) in [4.78, 5) is 15.3. The lowest BCUT2D eigenvalue weighted by Gasteiger charge is -2.27. The maximum atomic E-state index is 12.7. The molecular weight excluding hydrogens is 336 g/mol. The van der Waals surface area contributed by atoms with Gasteiger partial charge in [0.15, 0.2) is 0 Å². The molecule has 1 aliphatic rings. The molecule has 0 bridgehead atoms. The average molecular weight is 358 g/mol. The molecule has 0 spiro atoms. The highest BCUT2D eigenvalue weighted by atomic mass is 32.2. The first-order valence-electron chi connectivity index (χ1n) is 7.42. The van der Waals surface area contributed by atoms with Crippen molar-refractivity contribution in [2.75, 3.05) is 32.6 Å². The summed E-state index contributed by atoms with van der Waals surface area (Å²) in [5.41, 5.74) is 0.422. The summed E-state index contributed by atoms with van der Waals surface area (Å²) >= 11 is 1.43. The van der Waals surface area contributed by atoms with Crippen LogP contribution in [0.5, 0.6) is 0 Å². The molecule has 2 rings (SSSR count). The second-order valence-electron chi connectivity index (χ2n) is 5.54. The molecule has 128 valence electrons. The van der Waals surface area contributed by atoms with Crippen LogP contribution in [-0.4, -0.2) is 57.8 Å². The van der Waals surface area contributed by atoms with Crippen LogP contribution in [0, 0.1) is 0 Å². The number of sulfonamides is 1. The van der Waals surface area contributed by atoms with Gasteiger partial charge in [-0.3, -0.25) is 4.79 Å². The zero-order valence-electron chi connectivity index (χ0n) is 13.5. The van der Waals surface area contributed by atoms with Crippen molar-refractivity contribution in [1.82, 2.24) is 9.62 Å². The fourth-order valence-corrected chi connectivity index (χ4v) is 4.18. The second kappa shape index (κ2) is 7.65. The van der Waals surface area contributed by atoms with E-state index >= 15 is 0 Å². The number of rotatable bonds is 5. The van der Waals surface area contributed by atoms with E-state index in [2.05, 4.69) is 4.72 Å². The minimum Gasteiger partial charge on any atom is -0.378 e. The smallest absolute Gasteiger partial charge is 0.255 e. The molecule has 1 fully saturated rings. The molecule has 0 aliphatic carbocycles. The Labute approximate surface area is 141 Å². The van der Waals surface area contributed by atoms with Crippen molar-refractivity contribution in [1.29, 1.82) is 0 Å². The molecule has 0 radical (unpaired) electrons. The molecular formula is C15H22N2O4S2. The maximum Gasteiger partial charge on any atom is 0.255 e. The fourth-order valence-electron chi connectivity index (χ4n) is 2.34. The summed E-state index contributed by atoms with van der Waals surface area (Å²) in [6.45, 7) is 5.57. The molecule has 1 heterocycles. The molecule has 0 atom stereocenters. The van der Waals surface area contributed by atoms with Crippen molar-refractivity contribution in [3.8, 4) is 0 Å². The van der Waals surface area contributed by atoms with Gasteiger partial charge in [0, 0.05) is 24.0 Å². The Bertz CT molecular complexity index is 668. The highest BCUT2D eigenvalue weighted by Gasteiger charge is 2.24. The van der Waals surface area contributed by atoms with Gasteiger partial charge in [0.2, 0.25) is 10.0 Å². The first-order valence-corrected chi connectivity index (χ1v) is 10.1. The van der Waals surface area contributed by atoms with Gasteiger partial charge in [0.25, 0.3) is 5.91 Å². The van der Waals surface area contributed by atoms with Crippen molar-refractivity contribution < 1.29 is 17.9 Å². The van der Waals surface area contributed by atoms with Crippen molar-refractivity contribution >= 4 is 27.7 Å². The van der Waals surface area contributed by atoms with Gasteiger partial charge in [-0.15, -0.1) is 11.8 Å². The number of carbonyl (C=O) groups excluding carboxylic acids is 1. The number of hydrogen-bond acceptors (Lipinski definition) is 5. The molecule has 1 saturated heterocycles. The fraction of sp³-hybridized carbons (Fsp3) is 0.533. The summed E-state index contributed by atoms with van der Waals surface area (Å²) in [5.74, 6) is -0.153. The van der Waals surface area contributed by atoms with E-state index < -0.39 is 10.0 Å². The number of carbonyl (C=O) groups is 1. The van der Waals surface area contributed by atoms with Crippen molar-refractivity contribution in [3.05, 3.63) is 23.8 Å². The minimum absolute atomic E-state index is 0.112. The maximum absolute atomic E-state index is 12.7. The number of ether oxygens (including phenoxy) is 1. The van der Waals surface area contributed by atoms with Crippen molar-refractivity contribution in [3.63, 3.8) is 0 Å². The summed E-state index contributed by atoms with van der Waals surface area (Å²) in [6, 6.07) is 4.48. The molecule has 1 N–H and O–H groups in total. The lowest BCUT2D eigenvalue weighted by Crippen LogP contribution is -2.41. The van der Waals surface area contributed by atoms with Crippen molar-refractivity contribution in [2.45, 2.75) is 29.7 Å². The molecule has 6 nitrogen and oxygen atoms in total. The van der Waals surface area contributed by atoms with Gasteiger partial charge in [-0.2, -0.15) is 0 Å². The Kier molecular flexibility index (Phi) is 6.07. The van der Waals surface area contributed by atoms with Gasteiger partial charge < -0.3 is 9.64 Å². The number of nitrogens with zero attached hydrogens (tertiary/aromatic N) is 1. The van der Waals surface area contributed by atoms with E-state index in [0.717, 1.165) is 4.90 Å². The number of morpholine rings is 1. The predicted molar refractivity (Wildman–Crippen MR) is 90.4 cm³/mol. The van der Waals surface area contributed by atoms with Crippen LogP contribution in [0.4, 0.5) is 0 Å². The minimum atomic E-state index is -3.63. The third-order valence-corrected chi connectivity index (χ3v) is 5.85. The monoisotopic (exact) mass is 358 g/mol. The lowest BCUT2D eigenvalue weighted by atomic mass is 10.2. The van der Waals surface area contributed by atoms with Crippen LogP contribution in [0.25, 0.3) is 0 Å². The van der Waals surface area contributed by atoms with Gasteiger partial charge in [0.05, 0.1) is 23.7 Å². The molecule has 8 heteroatoms. The third kappa shape index (κ3) is 4.47. The first kappa shape index (κ1) is 18.3. The van der Waals surface area contributed by atoms with E-state index in [4.69, 9.17) is 4.74 Å². The standard InChI is InChI=1S/C15H22N2O4S2/c1-11(2)16-23(19,20)12-4-5-14(22-3)13(10-12)15(18)17-6-8-21-9-7-17/h4-5,10-11,16H,6-9H2,1-3H3. The Morgan fingerprint density at radius 1 is 1.30 bits per heavy atom. The topological polar surface area (TPSA) is 75.7 Å². The van der Waals surface area contributed by atoms with Gasteiger partial charge in [-0.1, -0.05) is 0 Å². The van der Waals surface area contributed by atoms with Gasteiger partial charge >= 0.3 is 0 Å². The Morgan fingerprint density at radius 2 is 1.96 bits per heavy atom. The molecule has 0 saturated carbocycles. The largest absolute Gasteiger partial charge is 0.378 e. The van der Waals surface area contributed by atoms with E-state index in [1.54, 1.807) is 24.8 Å². The van der Waals surface area contributed by atoms with Gasteiger partial charge in [-0.25, -0.2) is 13.1 Å². The summed E-state index contributed by atoms with van der Waals surface area (Å²) < 4.78 is 32.5. The van der Waals surface area contributed by atoms with Crippen LogP contribution in [0.2, 0.25) is 0 Å². The summed E-state index contributed by atoms with van der Waals surface area (Å²) in [7, 11) is -3.63. The zero-order valence-corrected chi connectivity index (χ0v) is 15.2. The van der Waals surface area contributed by atoms with Crippen LogP contribution >= 0.6 is 11.8 Å². The van der Waals surface area contributed by atoms with E-state index in [1.807, 2.05) is 6.26 Å². The Morgan fingerprint density at radius 3 is 2.52 bits per heavy atom. The van der Waals surface area contributed by atoms with E-state index in [-0.39, 0.29) is 16.8 Å². The number of nitrogens with one attached hydrogen (secondary N) is 1. The quantitative estimate of drug-likeness (QED) is 0.809. The van der Waals surface area contributed by atoms with Crippen LogP contribution in [0.1, 0.15) is 24.2 Å². The van der Waals surface area contributed by atoms with E-state index in [1.165, 1.54) is 23.9 Å². The number of thioether (sulfide) groups is 1. The highest BCUT2D eigenvalue weighted by molar-refractivity contribution is 7.98. The number of hydrogen-bond donors (Lipinski definition) is 1. The Hall–Kier alpha value is -1.09. The molecule has 1 aliphatic heterocycles. The average Bonchev–Trinajstić information content (AvgIpc) is 2.53. The molecule has 0 unspecified atom stereocenters. The SMILES string of the molecule is CSc1ccc(S(=O)(=O)NC(C)C)cc1C(=O)N1CCOCC1.